The first-order chi connectivity index (χ1) is 10.9. The summed E-state index contributed by atoms with van der Waals surface area (Å²) in [5.41, 5.74) is 3.48. The number of nitrogens with zero attached hydrogens (tertiary/aromatic N) is 2. The van der Waals surface area contributed by atoms with E-state index in [0.29, 0.717) is 11.9 Å². The normalized spacial score (nSPS) is 11.9. The summed E-state index contributed by atoms with van der Waals surface area (Å²) in [6, 6.07) is 15.7. The third-order valence-electron chi connectivity index (χ3n) is 3.93. The summed E-state index contributed by atoms with van der Waals surface area (Å²) in [7, 11) is -1.47. The second-order valence-electron chi connectivity index (χ2n) is 6.84. The van der Waals surface area contributed by atoms with Crippen LogP contribution in [0.4, 0.5) is 0 Å². The Kier molecular flexibility index (Phi) is 4.00. The molecule has 1 aromatic heterocycles. The Balaban J connectivity index is 2.17. The Morgan fingerprint density at radius 1 is 1.04 bits per heavy atom. The predicted octanol–water partition coefficient (Wildman–Crippen LogP) is 2.06. The molecule has 5 heteroatoms. The molecule has 0 aliphatic carbocycles. The van der Waals surface area contributed by atoms with E-state index in [1.54, 1.807) is 6.07 Å². The third kappa shape index (κ3) is 3.16. The number of benzene rings is 2. The van der Waals surface area contributed by atoms with Crippen molar-refractivity contribution < 1.29 is 10.0 Å². The van der Waals surface area contributed by atoms with Crippen molar-refractivity contribution >= 4 is 23.5 Å². The molecule has 3 rings (SSSR count). The van der Waals surface area contributed by atoms with Gasteiger partial charge in [0.1, 0.15) is 0 Å². The van der Waals surface area contributed by atoms with Gasteiger partial charge < -0.3 is 10.0 Å². The van der Waals surface area contributed by atoms with E-state index in [1.165, 1.54) is 5.56 Å². The zero-order valence-corrected chi connectivity index (χ0v) is 13.7. The van der Waals surface area contributed by atoms with Gasteiger partial charge in [0.2, 0.25) is 0 Å². The van der Waals surface area contributed by atoms with E-state index in [4.69, 9.17) is 5.10 Å². The van der Waals surface area contributed by atoms with Gasteiger partial charge in [-0.25, -0.2) is 0 Å². The molecule has 0 atom stereocenters. The van der Waals surface area contributed by atoms with Gasteiger partial charge in [-0.2, -0.15) is 5.10 Å². The lowest BCUT2D eigenvalue weighted by Gasteiger charge is -2.20. The van der Waals surface area contributed by atoms with Crippen LogP contribution in [0.25, 0.3) is 10.9 Å². The number of rotatable bonds is 3. The predicted molar refractivity (Wildman–Crippen MR) is 93.8 cm³/mol. The molecule has 0 aliphatic heterocycles. The van der Waals surface area contributed by atoms with Gasteiger partial charge in [-0.1, -0.05) is 42.5 Å². The van der Waals surface area contributed by atoms with E-state index < -0.39 is 7.12 Å². The minimum Gasteiger partial charge on any atom is -0.423 e. The van der Waals surface area contributed by atoms with Crippen LogP contribution in [0.15, 0.2) is 48.5 Å². The van der Waals surface area contributed by atoms with Gasteiger partial charge in [-0.15, -0.1) is 0 Å². The van der Waals surface area contributed by atoms with E-state index in [0.717, 1.165) is 16.6 Å². The molecule has 0 saturated heterocycles. The Hall–Kier alpha value is -2.11. The molecular weight excluding hydrogens is 287 g/mol. The zero-order chi connectivity index (χ0) is 16.6. The molecule has 23 heavy (non-hydrogen) atoms. The first-order valence-electron chi connectivity index (χ1n) is 7.78. The monoisotopic (exact) mass is 308 g/mol. The van der Waals surface area contributed by atoms with E-state index in [9.17, 15) is 10.0 Å². The van der Waals surface area contributed by atoms with E-state index in [1.807, 2.05) is 35.0 Å². The first-order valence-corrected chi connectivity index (χ1v) is 7.78. The van der Waals surface area contributed by atoms with Crippen molar-refractivity contribution in [1.82, 2.24) is 9.78 Å². The van der Waals surface area contributed by atoms with E-state index >= 15 is 0 Å². The maximum absolute atomic E-state index is 9.46. The van der Waals surface area contributed by atoms with Crippen molar-refractivity contribution in [3.05, 3.63) is 59.8 Å². The molecular formula is C18H21BN2O2. The highest BCUT2D eigenvalue weighted by Crippen LogP contribution is 2.26. The minimum absolute atomic E-state index is 0.146. The van der Waals surface area contributed by atoms with Crippen LogP contribution in [0.1, 0.15) is 32.0 Å². The molecule has 0 saturated carbocycles. The highest BCUT2D eigenvalue weighted by Gasteiger charge is 2.22. The number of hydrogen-bond acceptors (Lipinski definition) is 3. The van der Waals surface area contributed by atoms with E-state index in [-0.39, 0.29) is 5.54 Å². The summed E-state index contributed by atoms with van der Waals surface area (Å²) in [6.07, 6.45) is 0.714. The molecule has 0 spiro atoms. The number of fused-ring (bicyclic) bond motifs is 1. The molecule has 2 N–H and O–H groups in total. The van der Waals surface area contributed by atoms with Crippen LogP contribution in [0.2, 0.25) is 0 Å². The summed E-state index contributed by atoms with van der Waals surface area (Å²) in [5.74, 6) is 0. The Morgan fingerprint density at radius 3 is 2.35 bits per heavy atom. The summed E-state index contributed by atoms with van der Waals surface area (Å²) >= 11 is 0. The van der Waals surface area contributed by atoms with Crippen LogP contribution in [0.3, 0.4) is 0 Å². The van der Waals surface area contributed by atoms with Gasteiger partial charge in [0.05, 0.1) is 16.7 Å². The van der Waals surface area contributed by atoms with Gasteiger partial charge in [-0.05, 0) is 37.9 Å². The average molecular weight is 308 g/mol. The fourth-order valence-corrected chi connectivity index (χ4v) is 2.79. The Morgan fingerprint density at radius 2 is 1.74 bits per heavy atom. The van der Waals surface area contributed by atoms with Crippen LogP contribution in [0.5, 0.6) is 0 Å². The molecule has 0 fully saturated rings. The Labute approximate surface area is 136 Å². The molecule has 0 unspecified atom stereocenters. The smallest absolute Gasteiger partial charge is 0.423 e. The van der Waals surface area contributed by atoms with Crippen molar-refractivity contribution in [2.24, 2.45) is 0 Å². The molecule has 118 valence electrons. The van der Waals surface area contributed by atoms with E-state index in [2.05, 4.69) is 32.9 Å². The minimum atomic E-state index is -1.47. The maximum atomic E-state index is 9.46. The molecule has 3 aromatic rings. The lowest BCUT2D eigenvalue weighted by Crippen LogP contribution is -2.29. The largest absolute Gasteiger partial charge is 0.488 e. The molecule has 1 heterocycles. The van der Waals surface area contributed by atoms with Crippen molar-refractivity contribution in [3.8, 4) is 0 Å². The van der Waals surface area contributed by atoms with Crippen LogP contribution >= 0.6 is 0 Å². The molecule has 0 bridgehead atoms. The summed E-state index contributed by atoms with van der Waals surface area (Å²) < 4.78 is 2.01. The fourth-order valence-electron chi connectivity index (χ4n) is 2.79. The van der Waals surface area contributed by atoms with Crippen molar-refractivity contribution in [1.29, 1.82) is 0 Å². The molecule has 4 nitrogen and oxygen atoms in total. The van der Waals surface area contributed by atoms with Crippen LogP contribution in [0, 0.1) is 0 Å². The summed E-state index contributed by atoms with van der Waals surface area (Å²) in [4.78, 5) is 0. The molecule has 0 radical (unpaired) electrons. The van der Waals surface area contributed by atoms with Gasteiger partial charge in [0, 0.05) is 11.8 Å². The summed E-state index contributed by atoms with van der Waals surface area (Å²) in [5, 5.41) is 24.7. The highest BCUT2D eigenvalue weighted by atomic mass is 16.4. The zero-order valence-electron chi connectivity index (χ0n) is 13.7. The number of aromatic nitrogens is 2. The third-order valence-corrected chi connectivity index (χ3v) is 3.93. The standard InChI is InChI=1S/C18H21BN2O2/c1-18(2,3)21-17-10-9-14(19(22)23)12-15(17)16(20-21)11-13-7-5-4-6-8-13/h4-10,12,22-23H,11H2,1-3H3. The molecule has 0 amide bonds. The molecule has 0 aliphatic rings. The average Bonchev–Trinajstić information content (AvgIpc) is 2.86. The maximum Gasteiger partial charge on any atom is 0.488 e. The van der Waals surface area contributed by atoms with Crippen molar-refractivity contribution in [2.45, 2.75) is 32.7 Å². The lowest BCUT2D eigenvalue weighted by molar-refractivity contribution is 0.366. The SMILES string of the molecule is CC(C)(C)n1nc(Cc2ccccc2)c2cc(B(O)O)ccc21. The lowest BCUT2D eigenvalue weighted by atomic mass is 9.79. The molecule has 2 aromatic carbocycles. The number of hydrogen-bond donors (Lipinski definition) is 2. The van der Waals surface area contributed by atoms with Gasteiger partial charge in [0.25, 0.3) is 0 Å². The van der Waals surface area contributed by atoms with Crippen molar-refractivity contribution in [3.63, 3.8) is 0 Å². The Bertz CT molecular complexity index is 820. The highest BCUT2D eigenvalue weighted by molar-refractivity contribution is 6.58. The second kappa shape index (κ2) is 5.83. The van der Waals surface area contributed by atoms with Crippen LogP contribution in [-0.4, -0.2) is 26.9 Å². The first kappa shape index (κ1) is 15.8. The second-order valence-corrected chi connectivity index (χ2v) is 6.84. The quantitative estimate of drug-likeness (QED) is 0.728. The van der Waals surface area contributed by atoms with Crippen LogP contribution in [-0.2, 0) is 12.0 Å². The van der Waals surface area contributed by atoms with Gasteiger partial charge >= 0.3 is 7.12 Å². The van der Waals surface area contributed by atoms with Gasteiger partial charge in [-0.3, -0.25) is 4.68 Å². The topological polar surface area (TPSA) is 58.3 Å². The summed E-state index contributed by atoms with van der Waals surface area (Å²) in [6.45, 7) is 6.33. The van der Waals surface area contributed by atoms with Gasteiger partial charge in [0.15, 0.2) is 0 Å². The fraction of sp³-hybridized carbons (Fsp3) is 0.278. The van der Waals surface area contributed by atoms with Crippen molar-refractivity contribution in [2.75, 3.05) is 0 Å². The van der Waals surface area contributed by atoms with Crippen LogP contribution < -0.4 is 5.46 Å².